The van der Waals surface area contributed by atoms with Crippen molar-refractivity contribution in [1.82, 2.24) is 19.9 Å². The highest BCUT2D eigenvalue weighted by Gasteiger charge is 2.20. The minimum atomic E-state index is 0.465. The standard InChI is InChI=1S/C46H28N4O2/c1-5-13-29(14-6-1)37-27-38(30-15-7-2-8-16-30)48-44(47-37)33-21-23-41-35(25-33)43-36-26-34(22-24-42(36)52-46(43)51-41)45-49-39(31-17-9-3-10-18-31)28-40(50-45)32-19-11-4-12-20-32/h1-28H. The van der Waals surface area contributed by atoms with E-state index in [1.165, 1.54) is 0 Å². The maximum Gasteiger partial charge on any atom is 0.299 e. The Morgan fingerprint density at radius 2 is 0.635 bits per heavy atom. The molecule has 0 saturated carbocycles. The molecule has 0 N–H and O–H groups in total. The van der Waals surface area contributed by atoms with Crippen molar-refractivity contribution in [1.29, 1.82) is 0 Å². The Bertz CT molecular complexity index is 2570. The van der Waals surface area contributed by atoms with Gasteiger partial charge in [0.1, 0.15) is 11.2 Å². The van der Waals surface area contributed by atoms with Gasteiger partial charge in [-0.1, -0.05) is 121 Å². The van der Waals surface area contributed by atoms with Gasteiger partial charge >= 0.3 is 0 Å². The van der Waals surface area contributed by atoms with E-state index in [0.29, 0.717) is 17.4 Å². The number of rotatable bonds is 6. The maximum absolute atomic E-state index is 6.28. The first-order chi connectivity index (χ1) is 25.7. The molecule has 6 aromatic carbocycles. The summed E-state index contributed by atoms with van der Waals surface area (Å²) in [5, 5.41) is 2.73. The fraction of sp³-hybridized carbons (Fsp3) is 0. The number of nitrogens with zero attached hydrogens (tertiary/aromatic N) is 4. The molecular weight excluding hydrogens is 641 g/mol. The van der Waals surface area contributed by atoms with Crippen molar-refractivity contribution < 1.29 is 8.83 Å². The second-order valence-electron chi connectivity index (χ2n) is 12.7. The molecule has 10 aromatic rings. The van der Waals surface area contributed by atoms with Crippen molar-refractivity contribution in [3.8, 4) is 67.8 Å². The quantitative estimate of drug-likeness (QED) is 0.175. The average Bonchev–Trinajstić information content (AvgIpc) is 3.77. The Morgan fingerprint density at radius 1 is 0.308 bits per heavy atom. The molecule has 4 aromatic heterocycles. The summed E-state index contributed by atoms with van der Waals surface area (Å²) in [6.45, 7) is 0. The first kappa shape index (κ1) is 29.7. The van der Waals surface area contributed by atoms with E-state index in [0.717, 1.165) is 83.5 Å². The Hall–Kier alpha value is -7.18. The lowest BCUT2D eigenvalue weighted by Gasteiger charge is -2.10. The number of fused-ring (bicyclic) bond motifs is 5. The van der Waals surface area contributed by atoms with E-state index in [-0.39, 0.29) is 0 Å². The molecule has 0 atom stereocenters. The van der Waals surface area contributed by atoms with Crippen LogP contribution in [0.1, 0.15) is 0 Å². The van der Waals surface area contributed by atoms with E-state index in [4.69, 9.17) is 28.8 Å². The second-order valence-corrected chi connectivity index (χ2v) is 12.7. The van der Waals surface area contributed by atoms with E-state index in [1.807, 2.05) is 109 Å². The Balaban J connectivity index is 1.13. The highest BCUT2D eigenvalue weighted by molar-refractivity contribution is 6.18. The highest BCUT2D eigenvalue weighted by Crippen LogP contribution is 2.40. The number of aromatic nitrogens is 4. The third-order valence-corrected chi connectivity index (χ3v) is 9.35. The average molecular weight is 669 g/mol. The van der Waals surface area contributed by atoms with Crippen LogP contribution in [0.15, 0.2) is 179 Å². The third-order valence-electron chi connectivity index (χ3n) is 9.35. The lowest BCUT2D eigenvalue weighted by Crippen LogP contribution is -1.96. The second kappa shape index (κ2) is 12.3. The predicted octanol–water partition coefficient (Wildman–Crippen LogP) is 11.9. The van der Waals surface area contributed by atoms with E-state index in [1.54, 1.807) is 0 Å². The fourth-order valence-corrected chi connectivity index (χ4v) is 6.77. The van der Waals surface area contributed by atoms with Gasteiger partial charge in [0.05, 0.1) is 28.2 Å². The van der Waals surface area contributed by atoms with Crippen molar-refractivity contribution in [2.75, 3.05) is 0 Å². The summed E-state index contributed by atoms with van der Waals surface area (Å²) >= 11 is 0. The monoisotopic (exact) mass is 668 g/mol. The smallest absolute Gasteiger partial charge is 0.299 e. The fourth-order valence-electron chi connectivity index (χ4n) is 6.77. The van der Waals surface area contributed by atoms with Gasteiger partial charge < -0.3 is 8.83 Å². The van der Waals surface area contributed by atoms with Gasteiger partial charge in [0.2, 0.25) is 0 Å². The summed E-state index contributed by atoms with van der Waals surface area (Å²) in [4.78, 5) is 20.2. The van der Waals surface area contributed by atoms with Crippen LogP contribution in [0.25, 0.3) is 101 Å². The summed E-state index contributed by atoms with van der Waals surface area (Å²) < 4.78 is 12.6. The Labute approximate surface area is 298 Å². The number of hydrogen-bond donors (Lipinski definition) is 0. The maximum atomic E-state index is 6.28. The van der Waals surface area contributed by atoms with Crippen LogP contribution in [-0.4, -0.2) is 19.9 Å². The minimum Gasteiger partial charge on any atom is -0.425 e. The number of furan rings is 2. The van der Waals surface area contributed by atoms with Crippen LogP contribution in [0.5, 0.6) is 0 Å². The SMILES string of the molecule is c1ccc(-c2cc(-c3ccccc3)nc(-c3ccc4oc5oc6ccc(-c7nc(-c8ccccc8)cc(-c8ccccc8)n7)cc6c5c4c3)n2)cc1. The third kappa shape index (κ3) is 5.30. The molecule has 0 aliphatic rings. The Kier molecular flexibility index (Phi) is 7.03. The van der Waals surface area contributed by atoms with Crippen molar-refractivity contribution in [3.05, 3.63) is 170 Å². The number of hydrogen-bond acceptors (Lipinski definition) is 6. The van der Waals surface area contributed by atoms with Crippen LogP contribution in [0, 0.1) is 0 Å². The summed E-state index contributed by atoms with van der Waals surface area (Å²) in [6, 6.07) is 57.0. The van der Waals surface area contributed by atoms with Crippen LogP contribution in [0.2, 0.25) is 0 Å². The van der Waals surface area contributed by atoms with Gasteiger partial charge in [-0.2, -0.15) is 0 Å². The van der Waals surface area contributed by atoms with Crippen molar-refractivity contribution in [2.24, 2.45) is 0 Å². The van der Waals surface area contributed by atoms with Crippen LogP contribution >= 0.6 is 0 Å². The van der Waals surface area contributed by atoms with E-state index in [9.17, 15) is 0 Å². The Morgan fingerprint density at radius 3 is 0.962 bits per heavy atom. The first-order valence-corrected chi connectivity index (χ1v) is 17.1. The molecule has 0 saturated heterocycles. The lowest BCUT2D eigenvalue weighted by atomic mass is 10.0. The normalized spacial score (nSPS) is 11.5. The van der Waals surface area contributed by atoms with Crippen LogP contribution in [0.3, 0.4) is 0 Å². The molecule has 52 heavy (non-hydrogen) atoms. The minimum absolute atomic E-state index is 0.465. The lowest BCUT2D eigenvalue weighted by molar-refractivity contribution is 0.524. The zero-order valence-electron chi connectivity index (χ0n) is 27.8. The van der Waals surface area contributed by atoms with Crippen molar-refractivity contribution in [3.63, 3.8) is 0 Å². The molecular formula is C46H28N4O2. The van der Waals surface area contributed by atoms with Gasteiger partial charge in [0, 0.05) is 44.2 Å². The first-order valence-electron chi connectivity index (χ1n) is 17.1. The van der Waals surface area contributed by atoms with Gasteiger partial charge in [-0.15, -0.1) is 0 Å². The van der Waals surface area contributed by atoms with Crippen LogP contribution in [0.4, 0.5) is 0 Å². The van der Waals surface area contributed by atoms with Gasteiger partial charge in [-0.05, 0) is 48.5 Å². The molecule has 6 heteroatoms. The van der Waals surface area contributed by atoms with Gasteiger partial charge in [-0.25, -0.2) is 19.9 Å². The van der Waals surface area contributed by atoms with Crippen molar-refractivity contribution in [2.45, 2.75) is 0 Å². The molecule has 0 fully saturated rings. The van der Waals surface area contributed by atoms with E-state index >= 15 is 0 Å². The topological polar surface area (TPSA) is 77.8 Å². The van der Waals surface area contributed by atoms with Gasteiger partial charge in [0.15, 0.2) is 11.6 Å². The summed E-state index contributed by atoms with van der Waals surface area (Å²) in [5.74, 6) is 1.72. The molecule has 0 spiro atoms. The molecule has 10 rings (SSSR count). The van der Waals surface area contributed by atoms with Crippen LogP contribution in [-0.2, 0) is 0 Å². The molecule has 0 aliphatic carbocycles. The molecule has 0 amide bonds. The molecule has 6 nitrogen and oxygen atoms in total. The molecule has 0 unspecified atom stereocenters. The highest BCUT2D eigenvalue weighted by atomic mass is 16.5. The van der Waals surface area contributed by atoms with Gasteiger partial charge in [0.25, 0.3) is 5.78 Å². The summed E-state index contributed by atoms with van der Waals surface area (Å²) in [5.41, 5.74) is 10.7. The molecule has 0 radical (unpaired) electrons. The van der Waals surface area contributed by atoms with Crippen LogP contribution < -0.4 is 0 Å². The number of benzene rings is 6. The summed E-state index contributed by atoms with van der Waals surface area (Å²) in [6.07, 6.45) is 0. The summed E-state index contributed by atoms with van der Waals surface area (Å²) in [7, 11) is 0. The van der Waals surface area contributed by atoms with Gasteiger partial charge in [-0.3, -0.25) is 0 Å². The molecule has 4 heterocycles. The van der Waals surface area contributed by atoms with E-state index in [2.05, 4.69) is 60.7 Å². The molecule has 0 bridgehead atoms. The molecule has 0 aliphatic heterocycles. The molecule has 244 valence electrons. The zero-order valence-corrected chi connectivity index (χ0v) is 27.8. The zero-order chi connectivity index (χ0) is 34.4. The largest absolute Gasteiger partial charge is 0.425 e. The predicted molar refractivity (Wildman–Crippen MR) is 207 cm³/mol. The van der Waals surface area contributed by atoms with E-state index < -0.39 is 0 Å². The van der Waals surface area contributed by atoms with Crippen molar-refractivity contribution >= 4 is 33.1 Å².